The van der Waals surface area contributed by atoms with Gasteiger partial charge >= 0.3 is 0 Å². The Bertz CT molecular complexity index is 747. The van der Waals surface area contributed by atoms with Crippen molar-refractivity contribution in [1.82, 2.24) is 4.57 Å². The van der Waals surface area contributed by atoms with Crippen molar-refractivity contribution in [3.8, 4) is 0 Å². The van der Waals surface area contributed by atoms with Crippen LogP contribution in [0.15, 0.2) is 48.7 Å². The number of allylic oxidation sites excluding steroid dienone is 4. The van der Waals surface area contributed by atoms with E-state index in [1.54, 1.807) is 0 Å². The molecule has 0 N–H and O–H groups in total. The van der Waals surface area contributed by atoms with Crippen molar-refractivity contribution in [2.24, 2.45) is 0 Å². The number of carbonyl (C=O) groups is 2. The second-order valence-corrected chi connectivity index (χ2v) is 4.50. The van der Waals surface area contributed by atoms with Gasteiger partial charge in [-0.25, -0.2) is 0 Å². The molecule has 1 aliphatic rings. The highest BCUT2D eigenvalue weighted by Crippen LogP contribution is 2.29. The normalized spacial score (nSPS) is 15.1. The van der Waals surface area contributed by atoms with Crippen molar-refractivity contribution in [3.05, 3.63) is 54.3 Å². The quantitative estimate of drug-likeness (QED) is 0.770. The summed E-state index contributed by atoms with van der Waals surface area (Å²) >= 11 is 0. The van der Waals surface area contributed by atoms with E-state index in [2.05, 4.69) is 11.5 Å². The minimum absolute atomic E-state index is 0.112. The van der Waals surface area contributed by atoms with Crippen molar-refractivity contribution >= 4 is 28.0 Å². The molecule has 0 saturated heterocycles. The van der Waals surface area contributed by atoms with Gasteiger partial charge in [0.2, 0.25) is 0 Å². The van der Waals surface area contributed by atoms with E-state index < -0.39 is 0 Å². The van der Waals surface area contributed by atoms with Gasteiger partial charge in [0.05, 0.1) is 0 Å². The predicted octanol–water partition coefficient (Wildman–Crippen LogP) is 2.75. The van der Waals surface area contributed by atoms with Crippen LogP contribution < -0.4 is 0 Å². The number of hydrogen-bond donors (Lipinski definition) is 0. The summed E-state index contributed by atoms with van der Waals surface area (Å²) in [5.74, 6) is -0.249. The van der Waals surface area contributed by atoms with Gasteiger partial charge in [-0.05, 0) is 31.2 Å². The molecular weight excluding hydrogens is 238 g/mol. The molecule has 1 heterocycles. The first-order valence-electron chi connectivity index (χ1n) is 6.27. The summed E-state index contributed by atoms with van der Waals surface area (Å²) in [4.78, 5) is 23.4. The van der Waals surface area contributed by atoms with Crippen LogP contribution in [0, 0.1) is 0 Å². The molecule has 2 aromatic rings. The molecule has 0 spiro atoms. The molecule has 1 aromatic heterocycles. The van der Waals surface area contributed by atoms with Crippen LogP contribution in [0.4, 0.5) is 0 Å². The lowest BCUT2D eigenvalue weighted by molar-refractivity contribution is -0.113. The van der Waals surface area contributed by atoms with E-state index in [1.165, 1.54) is 18.2 Å². The highest BCUT2D eigenvalue weighted by molar-refractivity contribution is 6.35. The average Bonchev–Trinajstić information content (AvgIpc) is 2.80. The molecule has 1 aromatic carbocycles. The number of para-hydroxylation sites is 1. The van der Waals surface area contributed by atoms with Crippen LogP contribution in [0.1, 0.15) is 12.5 Å². The van der Waals surface area contributed by atoms with Gasteiger partial charge in [0.1, 0.15) is 0 Å². The van der Waals surface area contributed by atoms with Crippen LogP contribution in [0.2, 0.25) is 0 Å². The van der Waals surface area contributed by atoms with E-state index in [0.29, 0.717) is 5.57 Å². The Morgan fingerprint density at radius 3 is 2.68 bits per heavy atom. The Labute approximate surface area is 110 Å². The first kappa shape index (κ1) is 11.7. The highest BCUT2D eigenvalue weighted by atomic mass is 16.1. The molecule has 0 radical (unpaired) electrons. The summed E-state index contributed by atoms with van der Waals surface area (Å²) < 4.78 is 2.08. The largest absolute Gasteiger partial charge is 0.347 e. The highest BCUT2D eigenvalue weighted by Gasteiger charge is 2.19. The zero-order valence-electron chi connectivity index (χ0n) is 10.6. The van der Waals surface area contributed by atoms with Gasteiger partial charge in [-0.15, -0.1) is 0 Å². The Hall–Kier alpha value is -2.42. The average molecular weight is 251 g/mol. The van der Waals surface area contributed by atoms with E-state index >= 15 is 0 Å². The fourth-order valence-corrected chi connectivity index (χ4v) is 2.44. The fraction of sp³-hybridized carbons (Fsp3) is 0.125. The molecule has 3 heteroatoms. The predicted molar refractivity (Wildman–Crippen MR) is 74.7 cm³/mol. The lowest BCUT2D eigenvalue weighted by atomic mass is 9.96. The number of fused-ring (bicyclic) bond motifs is 1. The number of aryl methyl sites for hydroxylation is 1. The van der Waals surface area contributed by atoms with Gasteiger partial charge in [0, 0.05) is 34.8 Å². The number of ketones is 2. The summed E-state index contributed by atoms with van der Waals surface area (Å²) in [6, 6.07) is 7.92. The second-order valence-electron chi connectivity index (χ2n) is 4.50. The number of carbonyl (C=O) groups excluding carboxylic acids is 2. The fourth-order valence-electron chi connectivity index (χ4n) is 2.44. The van der Waals surface area contributed by atoms with Crippen LogP contribution in [0.3, 0.4) is 0 Å². The van der Waals surface area contributed by atoms with E-state index in [9.17, 15) is 9.59 Å². The van der Waals surface area contributed by atoms with Crippen LogP contribution in [-0.2, 0) is 16.1 Å². The van der Waals surface area contributed by atoms with Crippen LogP contribution in [-0.4, -0.2) is 16.1 Å². The lowest BCUT2D eigenvalue weighted by Gasteiger charge is -2.05. The Balaban J connectivity index is 2.26. The van der Waals surface area contributed by atoms with Gasteiger partial charge in [-0.3, -0.25) is 9.59 Å². The summed E-state index contributed by atoms with van der Waals surface area (Å²) in [5.41, 5.74) is 2.40. The zero-order chi connectivity index (χ0) is 13.4. The molecule has 0 amide bonds. The van der Waals surface area contributed by atoms with Crippen molar-refractivity contribution in [1.29, 1.82) is 0 Å². The van der Waals surface area contributed by atoms with Crippen LogP contribution >= 0.6 is 0 Å². The SMILES string of the molecule is CCn1cc(C2=CC(=O)C=CC2=O)c2ccccc21. The Kier molecular flexibility index (Phi) is 2.67. The third kappa shape index (κ3) is 1.83. The maximum absolute atomic E-state index is 12.0. The van der Waals surface area contributed by atoms with Gasteiger partial charge in [-0.2, -0.15) is 0 Å². The smallest absolute Gasteiger partial charge is 0.186 e. The summed E-state index contributed by atoms with van der Waals surface area (Å²) in [5, 5.41) is 1.01. The molecule has 94 valence electrons. The van der Waals surface area contributed by atoms with Gasteiger partial charge in [-0.1, -0.05) is 18.2 Å². The minimum atomic E-state index is -0.136. The Morgan fingerprint density at radius 2 is 1.89 bits per heavy atom. The van der Waals surface area contributed by atoms with E-state index in [-0.39, 0.29) is 11.6 Å². The van der Waals surface area contributed by atoms with Crippen molar-refractivity contribution in [3.63, 3.8) is 0 Å². The van der Waals surface area contributed by atoms with Crippen molar-refractivity contribution < 1.29 is 9.59 Å². The molecule has 1 aliphatic carbocycles. The third-order valence-corrected chi connectivity index (χ3v) is 3.37. The van der Waals surface area contributed by atoms with E-state index in [1.807, 2.05) is 30.5 Å². The standard InChI is InChI=1S/C16H13NO2/c1-2-17-10-14(12-5-3-4-6-15(12)17)13-9-11(18)7-8-16(13)19/h3-10H,2H2,1H3. The second kappa shape index (κ2) is 4.35. The van der Waals surface area contributed by atoms with Crippen molar-refractivity contribution in [2.45, 2.75) is 13.5 Å². The van der Waals surface area contributed by atoms with Crippen LogP contribution in [0.5, 0.6) is 0 Å². The molecule has 0 atom stereocenters. The van der Waals surface area contributed by atoms with E-state index in [4.69, 9.17) is 0 Å². The monoisotopic (exact) mass is 251 g/mol. The number of hydrogen-bond acceptors (Lipinski definition) is 2. The number of nitrogens with zero attached hydrogens (tertiary/aromatic N) is 1. The third-order valence-electron chi connectivity index (χ3n) is 3.37. The molecule has 0 fully saturated rings. The van der Waals surface area contributed by atoms with Gasteiger partial charge in [0.15, 0.2) is 11.6 Å². The first-order chi connectivity index (χ1) is 9.20. The molecule has 19 heavy (non-hydrogen) atoms. The molecule has 3 nitrogen and oxygen atoms in total. The van der Waals surface area contributed by atoms with Crippen molar-refractivity contribution in [2.75, 3.05) is 0 Å². The molecule has 0 unspecified atom stereocenters. The molecule has 3 rings (SSSR count). The summed E-state index contributed by atoms with van der Waals surface area (Å²) in [6.45, 7) is 2.88. The number of aromatic nitrogens is 1. The summed E-state index contributed by atoms with van der Waals surface area (Å²) in [7, 11) is 0. The minimum Gasteiger partial charge on any atom is -0.347 e. The first-order valence-corrected chi connectivity index (χ1v) is 6.27. The molecule has 0 bridgehead atoms. The molecule has 0 saturated carbocycles. The number of benzene rings is 1. The maximum atomic E-state index is 12.0. The van der Waals surface area contributed by atoms with Gasteiger partial charge < -0.3 is 4.57 Å². The van der Waals surface area contributed by atoms with Crippen LogP contribution in [0.25, 0.3) is 16.5 Å². The van der Waals surface area contributed by atoms with Gasteiger partial charge in [0.25, 0.3) is 0 Å². The molecule has 0 aliphatic heterocycles. The summed E-state index contributed by atoms with van der Waals surface area (Å²) in [6.07, 6.45) is 6.02. The maximum Gasteiger partial charge on any atom is 0.186 e. The van der Waals surface area contributed by atoms with E-state index in [0.717, 1.165) is 23.0 Å². The topological polar surface area (TPSA) is 39.1 Å². The number of rotatable bonds is 2. The lowest BCUT2D eigenvalue weighted by Crippen LogP contribution is -2.06. The Morgan fingerprint density at radius 1 is 1.11 bits per heavy atom. The zero-order valence-corrected chi connectivity index (χ0v) is 10.6. The molecular formula is C16H13NO2.